The molecule has 0 saturated heterocycles. The molecular formula is C14H15N3O7S. The summed E-state index contributed by atoms with van der Waals surface area (Å²) in [7, 11) is -3.87. The Balaban J connectivity index is 3.07. The Labute approximate surface area is 142 Å². The summed E-state index contributed by atoms with van der Waals surface area (Å²) < 4.78 is 5.32. The third kappa shape index (κ3) is 2.31. The average Bonchev–Trinajstić information content (AvgIpc) is 2.78. The number of aromatic carboxylic acids is 1. The van der Waals surface area contributed by atoms with Crippen LogP contribution in [0.5, 0.6) is 5.75 Å². The molecule has 0 aliphatic carbocycles. The molecule has 0 bridgehead atoms. The van der Waals surface area contributed by atoms with Crippen molar-refractivity contribution in [3.63, 3.8) is 0 Å². The lowest BCUT2D eigenvalue weighted by atomic mass is 10.0. The number of carbonyl (C=O) groups excluding carboxylic acids is 2. The molecular weight excluding hydrogens is 354 g/mol. The number of carbonyl (C=O) groups is 4. The Morgan fingerprint density at radius 2 is 1.76 bits per heavy atom. The molecule has 2 rings (SSSR count). The van der Waals surface area contributed by atoms with E-state index in [1.165, 1.54) is 6.07 Å². The van der Waals surface area contributed by atoms with Crippen molar-refractivity contribution >= 4 is 38.2 Å². The number of nitrogens with one attached hydrogen (secondary N) is 1. The second-order valence-electron chi connectivity index (χ2n) is 4.98. The van der Waals surface area contributed by atoms with E-state index in [1.54, 1.807) is 6.92 Å². The normalized spacial score (nSPS) is 18.9. The first kappa shape index (κ1) is 18.3. The number of primary amides is 2. The second-order valence-corrected chi connectivity index (χ2v) is 7.99. The molecule has 11 heteroatoms. The monoisotopic (exact) mass is 369 g/mol. The van der Waals surface area contributed by atoms with Crippen LogP contribution in [0.25, 0.3) is 0 Å². The van der Waals surface area contributed by atoms with Crippen molar-refractivity contribution in [1.29, 1.82) is 5.41 Å². The Morgan fingerprint density at radius 3 is 2.16 bits per heavy atom. The molecule has 25 heavy (non-hydrogen) atoms. The smallest absolute Gasteiger partial charge is 0.336 e. The Bertz CT molecular complexity index is 822. The highest BCUT2D eigenvalue weighted by atomic mass is 32.3. The third-order valence-corrected chi connectivity index (χ3v) is 7.20. The number of amides is 2. The number of fused-ring (bicyclic) bond motifs is 1. The zero-order valence-electron chi connectivity index (χ0n) is 12.9. The van der Waals surface area contributed by atoms with Gasteiger partial charge in [-0.05, 0) is 29.1 Å². The number of nitrogens with two attached hydrogens (primary N) is 2. The number of hydrogen-bond acceptors (Lipinski definition) is 6. The first-order chi connectivity index (χ1) is 11.6. The van der Waals surface area contributed by atoms with Crippen molar-refractivity contribution in [3.8, 4) is 5.75 Å². The van der Waals surface area contributed by atoms with Crippen LogP contribution in [-0.4, -0.2) is 50.2 Å². The number of hydrogen-bond donors (Lipinski definition) is 5. The van der Waals surface area contributed by atoms with Gasteiger partial charge in [-0.1, -0.05) is 0 Å². The van der Waals surface area contributed by atoms with E-state index in [4.69, 9.17) is 21.6 Å². The van der Waals surface area contributed by atoms with Crippen molar-refractivity contribution in [2.45, 2.75) is 17.1 Å². The SMILES string of the molecule is CCOc1ccc(C(=O)O)c2c1C(=N)C(C(=O)O)S2(C(N)=O)C(N)=O. The van der Waals surface area contributed by atoms with Gasteiger partial charge < -0.3 is 31.8 Å². The number of carboxylic acids is 2. The van der Waals surface area contributed by atoms with Crippen LogP contribution in [0.2, 0.25) is 0 Å². The maximum atomic E-state index is 12.2. The lowest BCUT2D eigenvalue weighted by molar-refractivity contribution is -0.135. The fraction of sp³-hybridized carbons (Fsp3) is 0.214. The van der Waals surface area contributed by atoms with E-state index >= 15 is 0 Å². The molecule has 1 aromatic carbocycles. The fourth-order valence-corrected chi connectivity index (χ4v) is 5.94. The maximum Gasteiger partial charge on any atom is 0.336 e. The van der Waals surface area contributed by atoms with Crippen LogP contribution in [0, 0.1) is 5.41 Å². The van der Waals surface area contributed by atoms with Gasteiger partial charge in [-0.2, -0.15) is 0 Å². The summed E-state index contributed by atoms with van der Waals surface area (Å²) in [4.78, 5) is 47.3. The van der Waals surface area contributed by atoms with E-state index in [9.17, 15) is 29.4 Å². The van der Waals surface area contributed by atoms with Crippen LogP contribution < -0.4 is 16.2 Å². The molecule has 1 atom stereocenters. The molecule has 1 aliphatic heterocycles. The van der Waals surface area contributed by atoms with Crippen molar-refractivity contribution in [2.75, 3.05) is 6.61 Å². The molecule has 2 amide bonds. The topological polar surface area (TPSA) is 194 Å². The minimum absolute atomic E-state index is 0.0179. The van der Waals surface area contributed by atoms with Gasteiger partial charge in [0.1, 0.15) is 11.0 Å². The predicted molar refractivity (Wildman–Crippen MR) is 87.8 cm³/mol. The lowest BCUT2D eigenvalue weighted by Crippen LogP contribution is -2.42. The highest BCUT2D eigenvalue weighted by Gasteiger charge is 2.60. The number of benzene rings is 1. The van der Waals surface area contributed by atoms with E-state index in [2.05, 4.69) is 0 Å². The van der Waals surface area contributed by atoms with Crippen LogP contribution >= 0.6 is 10.0 Å². The Morgan fingerprint density at radius 1 is 1.20 bits per heavy atom. The predicted octanol–water partition coefficient (Wildman–Crippen LogP) is 0.939. The van der Waals surface area contributed by atoms with E-state index in [0.717, 1.165) is 6.07 Å². The second kappa shape index (κ2) is 6.09. The van der Waals surface area contributed by atoms with E-state index < -0.39 is 53.9 Å². The number of rotatable bonds is 4. The molecule has 134 valence electrons. The summed E-state index contributed by atoms with van der Waals surface area (Å²) >= 11 is 0. The molecule has 10 nitrogen and oxygen atoms in total. The first-order valence-electron chi connectivity index (χ1n) is 6.88. The Kier molecular flexibility index (Phi) is 4.45. The van der Waals surface area contributed by atoms with Crippen LogP contribution in [0.15, 0.2) is 17.0 Å². The van der Waals surface area contributed by atoms with Crippen LogP contribution in [0.3, 0.4) is 0 Å². The van der Waals surface area contributed by atoms with Crippen LogP contribution in [-0.2, 0) is 4.79 Å². The van der Waals surface area contributed by atoms with Gasteiger partial charge in [-0.3, -0.25) is 14.4 Å². The Hall–Kier alpha value is -3.08. The summed E-state index contributed by atoms with van der Waals surface area (Å²) in [6, 6.07) is 2.30. The van der Waals surface area contributed by atoms with E-state index in [0.29, 0.717) is 0 Å². The molecule has 0 radical (unpaired) electrons. The maximum absolute atomic E-state index is 12.2. The summed E-state index contributed by atoms with van der Waals surface area (Å²) in [6.45, 7) is 1.74. The lowest BCUT2D eigenvalue weighted by Gasteiger charge is -2.33. The van der Waals surface area contributed by atoms with Gasteiger partial charge in [0.05, 0.1) is 23.4 Å². The van der Waals surface area contributed by atoms with Crippen molar-refractivity contribution in [1.82, 2.24) is 0 Å². The van der Waals surface area contributed by atoms with Gasteiger partial charge in [-0.15, -0.1) is 0 Å². The van der Waals surface area contributed by atoms with Crippen molar-refractivity contribution in [3.05, 3.63) is 23.3 Å². The van der Waals surface area contributed by atoms with Gasteiger partial charge in [0, 0.05) is 4.90 Å². The standard InChI is InChI=1S/C14H15N3O7S/c1-2-24-6-4-3-5(11(18)19)9-7(6)8(15)10(12(20)21)25(9,13(16)22)14(17)23/h3-4,10,15H,2H2,1H3,(H2,16,22)(H2,17,23)(H,18,19)(H,20,21). The molecule has 7 N–H and O–H groups in total. The summed E-state index contributed by atoms with van der Waals surface area (Å²) in [5.41, 5.74) is 9.28. The molecule has 0 fully saturated rings. The van der Waals surface area contributed by atoms with Gasteiger partial charge >= 0.3 is 11.9 Å². The number of ether oxygens (including phenoxy) is 1. The number of aliphatic carboxylic acids is 1. The van der Waals surface area contributed by atoms with Gasteiger partial charge in [0.25, 0.3) is 10.5 Å². The molecule has 0 saturated carbocycles. The van der Waals surface area contributed by atoms with Gasteiger partial charge in [0.2, 0.25) is 0 Å². The summed E-state index contributed by atoms with van der Waals surface area (Å²) in [5.74, 6) is -3.21. The van der Waals surface area contributed by atoms with Crippen LogP contribution in [0.1, 0.15) is 22.8 Å². The largest absolute Gasteiger partial charge is 0.493 e. The number of carboxylic acid groups (broad SMARTS) is 2. The van der Waals surface area contributed by atoms with Crippen LogP contribution in [0.4, 0.5) is 9.59 Å². The van der Waals surface area contributed by atoms with Crippen molar-refractivity contribution in [2.24, 2.45) is 11.5 Å². The van der Waals surface area contributed by atoms with E-state index in [-0.39, 0.29) is 17.9 Å². The highest BCUT2D eigenvalue weighted by molar-refractivity contribution is 8.57. The minimum atomic E-state index is -3.87. The average molecular weight is 369 g/mol. The molecule has 1 aromatic rings. The zero-order valence-corrected chi connectivity index (χ0v) is 13.8. The molecule has 1 unspecified atom stereocenters. The van der Waals surface area contributed by atoms with Gasteiger partial charge in [0.15, 0.2) is 0 Å². The van der Waals surface area contributed by atoms with Gasteiger partial charge in [-0.25, -0.2) is 4.79 Å². The third-order valence-electron chi connectivity index (χ3n) is 3.72. The molecule has 0 spiro atoms. The molecule has 0 aromatic heterocycles. The quantitative estimate of drug-likeness (QED) is 0.520. The molecule has 1 aliphatic rings. The fourth-order valence-electron chi connectivity index (χ4n) is 2.83. The first-order valence-corrected chi connectivity index (χ1v) is 8.57. The molecule has 1 heterocycles. The minimum Gasteiger partial charge on any atom is -0.493 e. The zero-order chi connectivity index (χ0) is 19.1. The summed E-state index contributed by atoms with van der Waals surface area (Å²) in [6.07, 6.45) is 0. The summed E-state index contributed by atoms with van der Waals surface area (Å²) in [5, 5.41) is 22.4. The van der Waals surface area contributed by atoms with E-state index in [1.807, 2.05) is 0 Å². The highest BCUT2D eigenvalue weighted by Crippen LogP contribution is 2.68. The van der Waals surface area contributed by atoms with Crippen molar-refractivity contribution < 1.29 is 34.1 Å².